The summed E-state index contributed by atoms with van der Waals surface area (Å²) in [5.74, 6) is 0.948. The summed E-state index contributed by atoms with van der Waals surface area (Å²) < 4.78 is 10.6. The van der Waals surface area contributed by atoms with Crippen molar-refractivity contribution in [1.82, 2.24) is 0 Å². The van der Waals surface area contributed by atoms with Crippen molar-refractivity contribution in [3.63, 3.8) is 0 Å². The van der Waals surface area contributed by atoms with Crippen LogP contribution < -0.4 is 10.6 Å². The van der Waals surface area contributed by atoms with Crippen molar-refractivity contribution in [2.45, 2.75) is 52.6 Å². The van der Waals surface area contributed by atoms with Gasteiger partial charge in [0, 0.05) is 4.88 Å². The van der Waals surface area contributed by atoms with E-state index < -0.39 is 0 Å². The molecule has 0 aliphatic heterocycles. The number of hydrogen-bond donors (Lipinski definition) is 2. The number of esters is 1. The highest BCUT2D eigenvalue weighted by Crippen LogP contribution is 2.40. The number of furan rings is 1. The van der Waals surface area contributed by atoms with E-state index in [1.165, 1.54) is 16.2 Å². The molecule has 0 fully saturated rings. The highest BCUT2D eigenvalue weighted by atomic mass is 32.1. The first-order chi connectivity index (χ1) is 13.0. The molecule has 2 aromatic rings. The topological polar surface area (TPSA) is 85.1 Å². The number of fused-ring (bicyclic) bond motifs is 1. The van der Waals surface area contributed by atoms with Crippen LogP contribution >= 0.6 is 11.3 Å². The second-order valence-corrected chi connectivity index (χ2v) is 8.18. The lowest BCUT2D eigenvalue weighted by molar-refractivity contribution is -0.690. The monoisotopic (exact) mass is 391 g/mol. The third-order valence-corrected chi connectivity index (χ3v) is 6.06. The van der Waals surface area contributed by atoms with Gasteiger partial charge in [0.2, 0.25) is 0 Å². The molecule has 7 heteroatoms. The van der Waals surface area contributed by atoms with Gasteiger partial charge in [0.25, 0.3) is 5.91 Å². The van der Waals surface area contributed by atoms with Gasteiger partial charge in [-0.15, -0.1) is 11.3 Å². The van der Waals surface area contributed by atoms with Gasteiger partial charge >= 0.3 is 5.97 Å². The number of amides is 1. The highest BCUT2D eigenvalue weighted by Gasteiger charge is 2.30. The molecule has 1 aliphatic carbocycles. The zero-order valence-electron chi connectivity index (χ0n) is 16.0. The Balaban J connectivity index is 1.74. The van der Waals surface area contributed by atoms with E-state index in [9.17, 15) is 9.59 Å². The van der Waals surface area contributed by atoms with E-state index in [0.717, 1.165) is 30.6 Å². The summed E-state index contributed by atoms with van der Waals surface area (Å²) >= 11 is 1.52. The number of carbonyl (C=O) groups excluding carboxylic acids is 2. The number of quaternary nitrogens is 1. The number of ether oxygens (including phenoxy) is 1. The molecule has 2 heterocycles. The molecular weight excluding hydrogens is 364 g/mol. The lowest BCUT2D eigenvalue weighted by Gasteiger charge is -2.18. The fourth-order valence-corrected chi connectivity index (χ4v) is 4.71. The van der Waals surface area contributed by atoms with Gasteiger partial charge in [-0.3, -0.25) is 4.79 Å². The fraction of sp³-hybridized carbons (Fsp3) is 0.500. The maximum Gasteiger partial charge on any atom is 0.341 e. The van der Waals surface area contributed by atoms with Crippen molar-refractivity contribution >= 4 is 28.2 Å². The Morgan fingerprint density at radius 2 is 2.30 bits per heavy atom. The first-order valence-corrected chi connectivity index (χ1v) is 10.3. The Hall–Kier alpha value is -2.12. The molecule has 0 spiro atoms. The number of rotatable bonds is 7. The van der Waals surface area contributed by atoms with Gasteiger partial charge in [0.05, 0.1) is 18.4 Å². The van der Waals surface area contributed by atoms with Crippen LogP contribution in [-0.4, -0.2) is 24.5 Å². The average molecular weight is 392 g/mol. The maximum absolute atomic E-state index is 12.7. The SMILES string of the molecule is CCOC(=O)c1c(NC(=O)[C@@H](C)[NH2+]Cc2ccco2)sc2c1CC[C@H](C)C2. The molecule has 1 aliphatic rings. The number of carbonyl (C=O) groups is 2. The molecule has 0 aromatic carbocycles. The molecule has 0 unspecified atom stereocenters. The van der Waals surface area contributed by atoms with E-state index in [1.54, 1.807) is 13.2 Å². The van der Waals surface area contributed by atoms with Crippen LogP contribution in [0.25, 0.3) is 0 Å². The van der Waals surface area contributed by atoms with Crippen molar-refractivity contribution in [3.8, 4) is 0 Å². The fourth-order valence-electron chi connectivity index (χ4n) is 3.31. The van der Waals surface area contributed by atoms with Crippen molar-refractivity contribution in [2.24, 2.45) is 5.92 Å². The minimum atomic E-state index is -0.341. The van der Waals surface area contributed by atoms with Crippen LogP contribution in [0.5, 0.6) is 0 Å². The van der Waals surface area contributed by atoms with E-state index >= 15 is 0 Å². The largest absolute Gasteiger partial charge is 0.463 e. The van der Waals surface area contributed by atoms with Crippen LogP contribution in [0.2, 0.25) is 0 Å². The number of anilines is 1. The molecule has 3 rings (SSSR count). The van der Waals surface area contributed by atoms with Crippen LogP contribution in [0.4, 0.5) is 5.00 Å². The Morgan fingerprint density at radius 1 is 1.48 bits per heavy atom. The van der Waals surface area contributed by atoms with Gasteiger partial charge in [0.15, 0.2) is 11.8 Å². The van der Waals surface area contributed by atoms with Gasteiger partial charge < -0.3 is 19.8 Å². The first-order valence-electron chi connectivity index (χ1n) is 9.47. The van der Waals surface area contributed by atoms with Crippen molar-refractivity contribution in [2.75, 3.05) is 11.9 Å². The average Bonchev–Trinajstić information content (AvgIpc) is 3.26. The number of thiophene rings is 1. The predicted molar refractivity (Wildman–Crippen MR) is 104 cm³/mol. The second-order valence-electron chi connectivity index (χ2n) is 7.07. The zero-order chi connectivity index (χ0) is 19.4. The molecule has 146 valence electrons. The van der Waals surface area contributed by atoms with Crippen molar-refractivity contribution in [3.05, 3.63) is 40.2 Å². The molecule has 2 atom stereocenters. The maximum atomic E-state index is 12.7. The summed E-state index contributed by atoms with van der Waals surface area (Å²) in [6, 6.07) is 3.41. The summed E-state index contributed by atoms with van der Waals surface area (Å²) in [5, 5.41) is 5.50. The molecule has 2 aromatic heterocycles. The summed E-state index contributed by atoms with van der Waals surface area (Å²) in [5.41, 5.74) is 1.61. The molecule has 1 amide bonds. The van der Waals surface area contributed by atoms with Crippen LogP contribution in [-0.2, 0) is 28.9 Å². The molecular formula is C20H27N2O4S+. The number of nitrogens with one attached hydrogen (secondary N) is 1. The van der Waals surface area contributed by atoms with Gasteiger partial charge in [-0.2, -0.15) is 0 Å². The summed E-state index contributed by atoms with van der Waals surface area (Å²) in [7, 11) is 0. The van der Waals surface area contributed by atoms with Crippen molar-refractivity contribution in [1.29, 1.82) is 0 Å². The minimum absolute atomic E-state index is 0.126. The Labute approximate surface area is 163 Å². The Kier molecular flexibility index (Phi) is 6.34. The Morgan fingerprint density at radius 3 is 3.00 bits per heavy atom. The van der Waals surface area contributed by atoms with E-state index in [2.05, 4.69) is 12.2 Å². The summed E-state index contributed by atoms with van der Waals surface area (Å²) in [4.78, 5) is 26.4. The van der Waals surface area contributed by atoms with Crippen LogP contribution in [0, 0.1) is 5.92 Å². The molecule has 27 heavy (non-hydrogen) atoms. The molecule has 3 N–H and O–H groups in total. The molecule has 6 nitrogen and oxygen atoms in total. The lowest BCUT2D eigenvalue weighted by Crippen LogP contribution is -2.90. The minimum Gasteiger partial charge on any atom is -0.463 e. The summed E-state index contributed by atoms with van der Waals surface area (Å²) in [6.45, 7) is 6.77. The zero-order valence-corrected chi connectivity index (χ0v) is 16.9. The van der Waals surface area contributed by atoms with Gasteiger partial charge in [-0.05, 0) is 56.7 Å². The third kappa shape index (κ3) is 4.59. The smallest absolute Gasteiger partial charge is 0.341 e. The van der Waals surface area contributed by atoms with E-state index in [0.29, 0.717) is 29.6 Å². The van der Waals surface area contributed by atoms with E-state index in [4.69, 9.17) is 9.15 Å². The Bertz CT molecular complexity index is 797. The third-order valence-electron chi connectivity index (χ3n) is 4.89. The van der Waals surface area contributed by atoms with Crippen LogP contribution in [0.3, 0.4) is 0 Å². The summed E-state index contributed by atoms with van der Waals surface area (Å²) in [6.07, 6.45) is 4.48. The van der Waals surface area contributed by atoms with Crippen LogP contribution in [0.15, 0.2) is 22.8 Å². The van der Waals surface area contributed by atoms with Crippen molar-refractivity contribution < 1.29 is 24.1 Å². The lowest BCUT2D eigenvalue weighted by atomic mass is 9.88. The normalized spacial score (nSPS) is 17.2. The predicted octanol–water partition coefficient (Wildman–Crippen LogP) is 2.73. The number of hydrogen-bond acceptors (Lipinski definition) is 5. The standard InChI is InChI=1S/C20H26N2O4S/c1-4-25-20(24)17-15-8-7-12(2)10-16(15)27-19(17)22-18(23)13(3)21-11-14-6-5-9-26-14/h5-6,9,12-13,21H,4,7-8,10-11H2,1-3H3,(H,22,23)/p+1/t12-,13+/m0/s1. The highest BCUT2D eigenvalue weighted by molar-refractivity contribution is 7.17. The second kappa shape index (κ2) is 8.71. The molecule has 0 bridgehead atoms. The molecule has 0 saturated carbocycles. The molecule has 0 saturated heterocycles. The molecule has 0 radical (unpaired) electrons. The van der Waals surface area contributed by atoms with Gasteiger partial charge in [-0.25, -0.2) is 4.79 Å². The van der Waals surface area contributed by atoms with Crippen LogP contribution in [0.1, 0.15) is 53.8 Å². The van der Waals surface area contributed by atoms with E-state index in [1.807, 2.05) is 24.4 Å². The quantitative estimate of drug-likeness (QED) is 0.711. The van der Waals surface area contributed by atoms with Gasteiger partial charge in [-0.1, -0.05) is 6.92 Å². The first kappa shape index (κ1) is 19.6. The number of nitrogens with two attached hydrogens (primary N) is 1. The van der Waals surface area contributed by atoms with Gasteiger partial charge in [0.1, 0.15) is 11.5 Å². The van der Waals surface area contributed by atoms with E-state index in [-0.39, 0.29) is 17.9 Å².